The molecular weight excluding hydrogens is 406 g/mol. The molecule has 12 nitrogen and oxygen atoms in total. The molecular formula is C10H15F2N3O9P2. The van der Waals surface area contributed by atoms with Crippen molar-refractivity contribution in [3.8, 4) is 0 Å². The first-order chi connectivity index (χ1) is 11.8. The quantitative estimate of drug-likeness (QED) is 0.368. The molecule has 0 spiro atoms. The third-order valence-corrected chi connectivity index (χ3v) is 6.89. The minimum atomic E-state index is -6.28. The van der Waals surface area contributed by atoms with Crippen molar-refractivity contribution in [2.24, 2.45) is 0 Å². The van der Waals surface area contributed by atoms with Gasteiger partial charge < -0.3 is 34.8 Å². The summed E-state index contributed by atoms with van der Waals surface area (Å²) in [6, 6.07) is 1.27. The molecule has 0 amide bonds. The summed E-state index contributed by atoms with van der Waals surface area (Å²) in [5.74, 6) is -0.0643. The van der Waals surface area contributed by atoms with Gasteiger partial charge in [-0.05, 0) is 6.07 Å². The van der Waals surface area contributed by atoms with Crippen LogP contribution in [0.5, 0.6) is 0 Å². The van der Waals surface area contributed by atoms with Gasteiger partial charge in [0.25, 0.3) is 0 Å². The van der Waals surface area contributed by atoms with Gasteiger partial charge in [0, 0.05) is 12.6 Å². The van der Waals surface area contributed by atoms with Crippen LogP contribution in [0.2, 0.25) is 0 Å². The van der Waals surface area contributed by atoms with E-state index in [0.29, 0.717) is 0 Å². The molecule has 0 bridgehead atoms. The Morgan fingerprint density at radius 2 is 2.04 bits per heavy atom. The summed E-state index contributed by atoms with van der Waals surface area (Å²) >= 11 is 0. The highest BCUT2D eigenvalue weighted by atomic mass is 31.2. The Balaban J connectivity index is 2.09. The van der Waals surface area contributed by atoms with Crippen molar-refractivity contribution in [1.29, 1.82) is 0 Å². The van der Waals surface area contributed by atoms with Crippen molar-refractivity contribution in [2.45, 2.75) is 30.3 Å². The Hall–Kier alpha value is -1.24. The fourth-order valence-corrected chi connectivity index (χ4v) is 4.09. The molecule has 1 aliphatic heterocycles. The maximum atomic E-state index is 13.3. The molecule has 1 aliphatic rings. The van der Waals surface area contributed by atoms with Crippen LogP contribution in [0, 0.1) is 0 Å². The molecule has 26 heavy (non-hydrogen) atoms. The lowest BCUT2D eigenvalue weighted by atomic mass is 10.2. The summed E-state index contributed by atoms with van der Waals surface area (Å²) in [6.07, 6.45) is -2.88. The Bertz CT molecular complexity index is 828. The maximum absolute atomic E-state index is 13.3. The van der Waals surface area contributed by atoms with Gasteiger partial charge in [-0.25, -0.2) is 4.79 Å². The monoisotopic (exact) mass is 421 g/mol. The molecule has 0 aromatic carbocycles. The molecule has 1 unspecified atom stereocenters. The molecule has 1 fully saturated rings. The molecule has 148 valence electrons. The first kappa shape index (κ1) is 21.1. The number of ether oxygens (including phenoxy) is 1. The lowest BCUT2D eigenvalue weighted by molar-refractivity contribution is -0.0455. The number of aromatic nitrogens is 2. The minimum Gasteiger partial charge on any atom is -0.390 e. The van der Waals surface area contributed by atoms with E-state index in [-0.39, 0.29) is 12.2 Å². The van der Waals surface area contributed by atoms with Crippen LogP contribution in [-0.2, 0) is 18.4 Å². The normalized spacial score (nSPS) is 26.6. The van der Waals surface area contributed by atoms with Crippen molar-refractivity contribution < 1.29 is 47.0 Å². The van der Waals surface area contributed by atoms with Crippen LogP contribution < -0.4 is 11.4 Å². The average Bonchev–Trinajstić information content (AvgIpc) is 2.84. The minimum absolute atomic E-state index is 0.0643. The van der Waals surface area contributed by atoms with Gasteiger partial charge in [-0.1, -0.05) is 0 Å². The van der Waals surface area contributed by atoms with Gasteiger partial charge in [0.15, 0.2) is 0 Å². The van der Waals surface area contributed by atoms with E-state index in [2.05, 4.69) is 9.51 Å². The Morgan fingerprint density at radius 1 is 1.42 bits per heavy atom. The number of anilines is 1. The summed E-state index contributed by atoms with van der Waals surface area (Å²) in [4.78, 5) is 41.3. The Morgan fingerprint density at radius 3 is 2.58 bits per heavy atom. The predicted octanol–water partition coefficient (Wildman–Crippen LogP) is -0.596. The summed E-state index contributed by atoms with van der Waals surface area (Å²) in [5, 5.41) is 4.52. The lowest BCUT2D eigenvalue weighted by Crippen LogP contribution is -2.29. The van der Waals surface area contributed by atoms with Crippen LogP contribution in [0.25, 0.3) is 0 Å². The molecule has 2 rings (SSSR count). The van der Waals surface area contributed by atoms with Crippen LogP contribution in [0.15, 0.2) is 17.1 Å². The van der Waals surface area contributed by atoms with E-state index in [1.807, 2.05) is 0 Å². The lowest BCUT2D eigenvalue weighted by Gasteiger charge is -2.24. The Labute approximate surface area is 143 Å². The van der Waals surface area contributed by atoms with E-state index >= 15 is 0 Å². The molecule has 2 heterocycles. The molecule has 0 saturated carbocycles. The van der Waals surface area contributed by atoms with Crippen LogP contribution in [-0.4, -0.2) is 53.6 Å². The van der Waals surface area contributed by atoms with Gasteiger partial charge in [-0.3, -0.25) is 13.7 Å². The number of halogens is 2. The fraction of sp³-hybridized carbons (Fsp3) is 0.600. The number of nitrogens with zero attached hydrogens (tertiary/aromatic N) is 2. The summed E-state index contributed by atoms with van der Waals surface area (Å²) in [5.41, 5.74) is 4.51. The first-order valence-corrected chi connectivity index (χ1v) is 10.0. The second kappa shape index (κ2) is 7.06. The number of nitrogens with two attached hydrogens (primary N) is 1. The van der Waals surface area contributed by atoms with E-state index in [1.165, 1.54) is 12.3 Å². The van der Waals surface area contributed by atoms with E-state index < -0.39 is 51.3 Å². The van der Waals surface area contributed by atoms with E-state index in [9.17, 15) is 27.8 Å². The smallest absolute Gasteiger partial charge is 0.390 e. The van der Waals surface area contributed by atoms with Gasteiger partial charge in [0.1, 0.15) is 18.1 Å². The SMILES string of the molecule is Nc1ccn([C@H]2C[C@H](O)[C@@H](COP(=O)(O)C(F)(F)P(=O)(O)O)O2)c(=O)n1. The largest absolute Gasteiger partial charge is 0.443 e. The van der Waals surface area contributed by atoms with E-state index in [1.54, 1.807) is 0 Å². The molecule has 16 heteroatoms. The highest BCUT2D eigenvalue weighted by molar-refractivity contribution is 7.72. The molecule has 6 N–H and O–H groups in total. The Kier molecular flexibility index (Phi) is 5.72. The van der Waals surface area contributed by atoms with Crippen molar-refractivity contribution in [3.05, 3.63) is 22.7 Å². The first-order valence-electron chi connectivity index (χ1n) is 6.85. The van der Waals surface area contributed by atoms with Crippen LogP contribution in [0.4, 0.5) is 14.6 Å². The highest BCUT2D eigenvalue weighted by Crippen LogP contribution is 2.73. The topological polar surface area (TPSA) is 194 Å². The summed E-state index contributed by atoms with van der Waals surface area (Å²) in [7, 11) is -12.4. The van der Waals surface area contributed by atoms with E-state index in [0.717, 1.165) is 4.57 Å². The summed E-state index contributed by atoms with van der Waals surface area (Å²) in [6.45, 7) is -1.09. The number of aliphatic hydroxyl groups is 1. The van der Waals surface area contributed by atoms with Gasteiger partial charge >= 0.3 is 26.3 Å². The second-order valence-electron chi connectivity index (χ2n) is 5.34. The van der Waals surface area contributed by atoms with E-state index in [4.69, 9.17) is 25.2 Å². The van der Waals surface area contributed by atoms with Crippen molar-refractivity contribution in [1.82, 2.24) is 9.55 Å². The number of hydrogen-bond donors (Lipinski definition) is 5. The van der Waals surface area contributed by atoms with Crippen LogP contribution in [0.3, 0.4) is 0 Å². The van der Waals surface area contributed by atoms with Gasteiger partial charge in [0.2, 0.25) is 0 Å². The number of alkyl halides is 2. The third-order valence-electron chi connectivity index (χ3n) is 3.47. The molecule has 0 radical (unpaired) electrons. The molecule has 1 aromatic heterocycles. The molecule has 1 aromatic rings. The third kappa shape index (κ3) is 4.02. The highest BCUT2D eigenvalue weighted by Gasteiger charge is 2.65. The molecule has 1 saturated heterocycles. The summed E-state index contributed by atoms with van der Waals surface area (Å²) < 4.78 is 59.0. The van der Waals surface area contributed by atoms with Crippen molar-refractivity contribution in [2.75, 3.05) is 12.3 Å². The van der Waals surface area contributed by atoms with Gasteiger partial charge in [-0.2, -0.15) is 13.8 Å². The van der Waals surface area contributed by atoms with Gasteiger partial charge in [0.05, 0.1) is 12.7 Å². The van der Waals surface area contributed by atoms with Crippen molar-refractivity contribution >= 4 is 21.0 Å². The van der Waals surface area contributed by atoms with Crippen LogP contribution in [0.1, 0.15) is 12.6 Å². The number of rotatable bonds is 6. The van der Waals surface area contributed by atoms with Crippen molar-refractivity contribution in [3.63, 3.8) is 0 Å². The second-order valence-corrected chi connectivity index (χ2v) is 9.21. The maximum Gasteiger partial charge on any atom is 0.443 e. The zero-order valence-electron chi connectivity index (χ0n) is 12.8. The average molecular weight is 421 g/mol. The van der Waals surface area contributed by atoms with Crippen LogP contribution >= 0.6 is 15.2 Å². The van der Waals surface area contributed by atoms with Gasteiger partial charge in [-0.15, -0.1) is 0 Å². The molecule has 0 aliphatic carbocycles. The zero-order chi connectivity index (χ0) is 19.9. The number of nitrogen functional groups attached to an aromatic ring is 1. The number of hydrogen-bond acceptors (Lipinski definition) is 8. The number of aliphatic hydroxyl groups excluding tert-OH is 1. The standard InChI is InChI=1S/C10H15F2N3O9P2/c11-10(12,25(18,19)20)26(21,22)23-4-6-5(16)3-8(24-6)15-2-1-7(13)14-9(15)17/h1-2,5-6,8,16H,3-4H2,(H,21,22)(H2,13,14,17)(H2,18,19,20)/t5-,6+,8+/m0/s1. The fourth-order valence-electron chi connectivity index (χ4n) is 2.10. The predicted molar refractivity (Wildman–Crippen MR) is 80.2 cm³/mol. The molecule has 4 atom stereocenters. The zero-order valence-corrected chi connectivity index (χ0v) is 14.5.